The van der Waals surface area contributed by atoms with E-state index in [4.69, 9.17) is 10.8 Å². The van der Waals surface area contributed by atoms with E-state index in [0.29, 0.717) is 18.3 Å². The molecule has 1 saturated heterocycles. The van der Waals surface area contributed by atoms with Gasteiger partial charge in [-0.15, -0.1) is 0 Å². The van der Waals surface area contributed by atoms with Gasteiger partial charge in [0.2, 0.25) is 0 Å². The van der Waals surface area contributed by atoms with E-state index in [9.17, 15) is 9.18 Å². The van der Waals surface area contributed by atoms with Crippen molar-refractivity contribution in [3.05, 3.63) is 23.5 Å². The molecule has 1 unspecified atom stereocenters. The molecule has 0 saturated carbocycles. The van der Waals surface area contributed by atoms with E-state index in [1.54, 1.807) is 0 Å². The number of nitrogens with one attached hydrogen (secondary N) is 1. The number of carbonyl (C=O) groups is 1. The first kappa shape index (κ1) is 14.6. The number of rotatable bonds is 5. The quantitative estimate of drug-likeness (QED) is 0.719. The van der Waals surface area contributed by atoms with E-state index in [-0.39, 0.29) is 11.3 Å². The number of aromatic carboxylic acids is 1. The van der Waals surface area contributed by atoms with E-state index in [1.807, 2.05) is 0 Å². The van der Waals surface area contributed by atoms with Crippen molar-refractivity contribution < 1.29 is 14.3 Å². The molecule has 0 aliphatic carbocycles. The predicted molar refractivity (Wildman–Crippen MR) is 76.5 cm³/mol. The number of likely N-dealkylation sites (tertiary alicyclic amines) is 1. The molecule has 4 N–H and O–H groups in total. The lowest BCUT2D eigenvalue weighted by molar-refractivity contribution is 0.0698. The van der Waals surface area contributed by atoms with Crippen LogP contribution in [0.2, 0.25) is 0 Å². The topological polar surface area (TPSA) is 78.6 Å². The van der Waals surface area contributed by atoms with Crippen LogP contribution in [0.5, 0.6) is 0 Å². The molecule has 110 valence electrons. The van der Waals surface area contributed by atoms with Crippen LogP contribution in [-0.4, -0.2) is 41.7 Å². The summed E-state index contributed by atoms with van der Waals surface area (Å²) in [6.45, 7) is 4.83. The van der Waals surface area contributed by atoms with Gasteiger partial charge in [0.15, 0.2) is 0 Å². The van der Waals surface area contributed by atoms with Gasteiger partial charge in [-0.25, -0.2) is 9.18 Å². The van der Waals surface area contributed by atoms with Crippen molar-refractivity contribution in [1.29, 1.82) is 0 Å². The fourth-order valence-electron chi connectivity index (χ4n) is 2.54. The van der Waals surface area contributed by atoms with Crippen molar-refractivity contribution in [2.24, 2.45) is 0 Å². The van der Waals surface area contributed by atoms with Crippen molar-refractivity contribution in [2.75, 3.05) is 30.7 Å². The Kier molecular flexibility index (Phi) is 4.44. The zero-order chi connectivity index (χ0) is 14.7. The van der Waals surface area contributed by atoms with Gasteiger partial charge >= 0.3 is 5.97 Å². The van der Waals surface area contributed by atoms with Crippen LogP contribution >= 0.6 is 0 Å². The predicted octanol–water partition coefficient (Wildman–Crippen LogP) is 2.00. The fourth-order valence-corrected chi connectivity index (χ4v) is 2.54. The Morgan fingerprint density at radius 1 is 1.50 bits per heavy atom. The molecule has 1 aromatic carbocycles. The lowest BCUT2D eigenvalue weighted by atomic mass is 10.1. The number of halogens is 1. The molecule has 2 rings (SSSR count). The molecule has 0 amide bonds. The number of nitrogen functional groups attached to an aromatic ring is 1. The summed E-state index contributed by atoms with van der Waals surface area (Å²) in [5.41, 5.74) is 5.35. The Labute approximate surface area is 117 Å². The van der Waals surface area contributed by atoms with Gasteiger partial charge in [0.25, 0.3) is 0 Å². The summed E-state index contributed by atoms with van der Waals surface area (Å²) in [5, 5.41) is 12.2. The van der Waals surface area contributed by atoms with Crippen LogP contribution in [0.15, 0.2) is 12.1 Å². The Hall–Kier alpha value is -1.82. The van der Waals surface area contributed by atoms with Gasteiger partial charge in [0, 0.05) is 12.6 Å². The van der Waals surface area contributed by atoms with Crippen LogP contribution < -0.4 is 11.1 Å². The highest BCUT2D eigenvalue weighted by Crippen LogP contribution is 2.25. The van der Waals surface area contributed by atoms with Gasteiger partial charge in [-0.2, -0.15) is 0 Å². The lowest BCUT2D eigenvalue weighted by Gasteiger charge is -2.24. The smallest absolute Gasteiger partial charge is 0.340 e. The molecular weight excluding hydrogens is 261 g/mol. The highest BCUT2D eigenvalue weighted by atomic mass is 19.1. The monoisotopic (exact) mass is 281 g/mol. The highest BCUT2D eigenvalue weighted by molar-refractivity contribution is 6.00. The Morgan fingerprint density at radius 2 is 2.15 bits per heavy atom. The molecule has 1 aliphatic rings. The molecule has 1 heterocycles. The number of hydrogen-bond acceptors (Lipinski definition) is 4. The van der Waals surface area contributed by atoms with Crippen LogP contribution in [0.1, 0.15) is 30.1 Å². The second-order valence-electron chi connectivity index (χ2n) is 5.16. The zero-order valence-electron chi connectivity index (χ0n) is 11.5. The van der Waals surface area contributed by atoms with Crippen LogP contribution in [0.25, 0.3) is 0 Å². The summed E-state index contributed by atoms with van der Waals surface area (Å²) >= 11 is 0. The van der Waals surface area contributed by atoms with Crippen LogP contribution in [0, 0.1) is 5.82 Å². The fraction of sp³-hybridized carbons (Fsp3) is 0.500. The zero-order valence-corrected chi connectivity index (χ0v) is 11.5. The summed E-state index contributed by atoms with van der Waals surface area (Å²) < 4.78 is 13.3. The maximum Gasteiger partial charge on any atom is 0.340 e. The van der Waals surface area contributed by atoms with Crippen molar-refractivity contribution in [3.63, 3.8) is 0 Å². The number of hydrogen-bond donors (Lipinski definition) is 3. The van der Waals surface area contributed by atoms with Crippen molar-refractivity contribution in [1.82, 2.24) is 4.90 Å². The van der Waals surface area contributed by atoms with Crippen molar-refractivity contribution in [3.8, 4) is 0 Å². The number of benzene rings is 1. The van der Waals surface area contributed by atoms with E-state index in [0.717, 1.165) is 13.1 Å². The summed E-state index contributed by atoms with van der Waals surface area (Å²) in [4.78, 5) is 13.5. The summed E-state index contributed by atoms with van der Waals surface area (Å²) in [6, 6.07) is 2.90. The Balaban J connectivity index is 2.09. The third-order valence-corrected chi connectivity index (χ3v) is 3.76. The van der Waals surface area contributed by atoms with Gasteiger partial charge in [-0.1, -0.05) is 0 Å². The van der Waals surface area contributed by atoms with Gasteiger partial charge in [0.1, 0.15) is 11.4 Å². The third-order valence-electron chi connectivity index (χ3n) is 3.76. The number of nitrogens with two attached hydrogens (primary N) is 1. The molecule has 0 aromatic heterocycles. The molecule has 1 atom stereocenters. The number of carboxylic acids is 1. The maximum absolute atomic E-state index is 13.3. The first-order chi connectivity index (χ1) is 9.50. The SMILES string of the molecule is CC(CNc1ccc(F)c(N)c1C(=O)O)N1CCCC1. The second-order valence-corrected chi connectivity index (χ2v) is 5.16. The standard InChI is InChI=1S/C14H20FN3O2/c1-9(18-6-2-3-7-18)8-17-11-5-4-10(15)13(16)12(11)14(19)20/h4-5,9,17H,2-3,6-8,16H2,1H3,(H,19,20). The Morgan fingerprint density at radius 3 is 2.75 bits per heavy atom. The van der Waals surface area contributed by atoms with Gasteiger partial charge in [-0.3, -0.25) is 4.90 Å². The minimum absolute atomic E-state index is 0.196. The number of nitrogens with zero attached hydrogens (tertiary/aromatic N) is 1. The van der Waals surface area contributed by atoms with Gasteiger partial charge < -0.3 is 16.2 Å². The van der Waals surface area contributed by atoms with Crippen molar-refractivity contribution >= 4 is 17.3 Å². The summed E-state index contributed by atoms with van der Waals surface area (Å²) in [6.07, 6.45) is 2.41. The lowest BCUT2D eigenvalue weighted by Crippen LogP contribution is -2.35. The average Bonchev–Trinajstić information content (AvgIpc) is 2.93. The molecule has 6 heteroatoms. The first-order valence-corrected chi connectivity index (χ1v) is 6.80. The second kappa shape index (κ2) is 6.09. The molecule has 0 radical (unpaired) electrons. The summed E-state index contributed by atoms with van der Waals surface area (Å²) in [7, 11) is 0. The third kappa shape index (κ3) is 3.01. The molecule has 5 nitrogen and oxygen atoms in total. The molecule has 1 aliphatic heterocycles. The van der Waals surface area contributed by atoms with E-state index >= 15 is 0 Å². The highest BCUT2D eigenvalue weighted by Gasteiger charge is 2.20. The number of carboxylic acid groups (broad SMARTS) is 1. The van der Waals surface area contributed by atoms with E-state index in [1.165, 1.54) is 25.0 Å². The van der Waals surface area contributed by atoms with Crippen LogP contribution in [-0.2, 0) is 0 Å². The van der Waals surface area contributed by atoms with Crippen molar-refractivity contribution in [2.45, 2.75) is 25.8 Å². The molecule has 0 bridgehead atoms. The van der Waals surface area contributed by atoms with E-state index < -0.39 is 11.8 Å². The van der Waals surface area contributed by atoms with Gasteiger partial charge in [-0.05, 0) is 45.0 Å². The minimum atomic E-state index is -1.22. The molecule has 0 spiro atoms. The average molecular weight is 281 g/mol. The molecule has 1 fully saturated rings. The number of anilines is 2. The minimum Gasteiger partial charge on any atom is -0.478 e. The van der Waals surface area contributed by atoms with E-state index in [2.05, 4.69) is 17.1 Å². The molecule has 1 aromatic rings. The molecule has 20 heavy (non-hydrogen) atoms. The van der Waals surface area contributed by atoms with Gasteiger partial charge in [0.05, 0.1) is 11.4 Å². The first-order valence-electron chi connectivity index (χ1n) is 6.80. The largest absolute Gasteiger partial charge is 0.478 e. The Bertz CT molecular complexity index is 501. The van der Waals surface area contributed by atoms with Crippen LogP contribution in [0.4, 0.5) is 15.8 Å². The molecular formula is C14H20FN3O2. The van der Waals surface area contributed by atoms with Crippen LogP contribution in [0.3, 0.4) is 0 Å². The summed E-state index contributed by atoms with van der Waals surface area (Å²) in [5.74, 6) is -1.93. The normalized spacial score (nSPS) is 17.1. The maximum atomic E-state index is 13.3.